The number of aliphatic hydroxyl groups excluding tert-OH is 1. The molecule has 0 aliphatic rings. The van der Waals surface area contributed by atoms with Crippen LogP contribution in [0.4, 0.5) is 0 Å². The number of aliphatic hydroxyl groups is 1. The molecule has 0 rings (SSSR count). The average Bonchev–Trinajstić information content (AvgIpc) is 0.908. The Labute approximate surface area is 645 Å². The zero-order valence-corrected chi connectivity index (χ0v) is 71.0. The van der Waals surface area contributed by atoms with Crippen molar-refractivity contribution in [2.24, 2.45) is 17.8 Å². The molecule has 5 atom stereocenters. The Bertz CT molecular complexity index is 2030. The second kappa shape index (κ2) is 76.1. The molecule has 0 saturated heterocycles. The van der Waals surface area contributed by atoms with E-state index in [0.717, 1.165) is 108 Å². The highest BCUT2D eigenvalue weighted by atomic mass is 31.2. The normalized spacial score (nSPS) is 13.9. The molecule has 0 radical (unpaired) electrons. The van der Waals surface area contributed by atoms with E-state index in [1.807, 2.05) is 0 Å². The number of carbonyl (C=O) groups is 4. The summed E-state index contributed by atoms with van der Waals surface area (Å²) in [6.07, 6.45) is 66.8. The lowest BCUT2D eigenvalue weighted by Gasteiger charge is -2.21. The van der Waals surface area contributed by atoms with Crippen molar-refractivity contribution < 1.29 is 80.2 Å². The van der Waals surface area contributed by atoms with Gasteiger partial charge in [0.25, 0.3) is 0 Å². The molecule has 0 aromatic carbocycles. The van der Waals surface area contributed by atoms with Crippen LogP contribution in [0, 0.1) is 17.8 Å². The molecular weight excluding hydrogens is 1370 g/mol. The van der Waals surface area contributed by atoms with Crippen LogP contribution < -0.4 is 0 Å². The first kappa shape index (κ1) is 103. The number of phosphoric acid groups is 2. The molecule has 0 saturated carbocycles. The monoisotopic (exact) mass is 1540 g/mol. The van der Waals surface area contributed by atoms with E-state index in [9.17, 15) is 43.2 Å². The van der Waals surface area contributed by atoms with Gasteiger partial charge in [-0.05, 0) is 43.4 Å². The van der Waals surface area contributed by atoms with Crippen molar-refractivity contribution in [3.63, 3.8) is 0 Å². The van der Waals surface area contributed by atoms with Crippen LogP contribution in [-0.2, 0) is 65.4 Å². The highest BCUT2D eigenvalue weighted by Gasteiger charge is 2.30. The minimum atomic E-state index is -4.97. The van der Waals surface area contributed by atoms with E-state index < -0.39 is 97.5 Å². The van der Waals surface area contributed by atoms with E-state index in [0.29, 0.717) is 31.6 Å². The van der Waals surface area contributed by atoms with Gasteiger partial charge in [0.1, 0.15) is 19.3 Å². The van der Waals surface area contributed by atoms with E-state index in [-0.39, 0.29) is 25.7 Å². The molecule has 17 nitrogen and oxygen atoms in total. The van der Waals surface area contributed by atoms with Crippen molar-refractivity contribution >= 4 is 39.5 Å². The number of hydrogen-bond acceptors (Lipinski definition) is 15. The van der Waals surface area contributed by atoms with Crippen LogP contribution in [0.3, 0.4) is 0 Å². The van der Waals surface area contributed by atoms with E-state index in [2.05, 4.69) is 48.5 Å². The summed E-state index contributed by atoms with van der Waals surface area (Å²) in [5.41, 5.74) is 0. The minimum absolute atomic E-state index is 0.107. The molecule has 0 aromatic rings. The number of phosphoric ester groups is 2. The lowest BCUT2D eigenvalue weighted by Crippen LogP contribution is -2.30. The standard InChI is InChI=1S/C86H168O17P2/c1-8-9-10-11-12-13-14-15-16-17-21-24-29-34-39-46-53-60-67-83(88)96-73-81(102-85(90)69-62-55-47-40-35-30-25-22-19-18-20-23-27-32-37-43-50-57-64-77(2)3)75-100-104(92,93)98-71-80(87)72-99-105(94,95)101-76-82(74-97-84(89)68-61-54-49-42-45-52-59-66-79(6)7)103-86(91)70-63-56-48-41-36-31-26-28-33-38-44-51-58-65-78(4)5/h77-82,87H,8-76H2,1-7H3,(H,92,93)(H,94,95)/t80-,81-,82-/m1/s1. The van der Waals surface area contributed by atoms with Gasteiger partial charge < -0.3 is 33.8 Å². The van der Waals surface area contributed by atoms with Crippen LogP contribution in [0.15, 0.2) is 0 Å². The summed E-state index contributed by atoms with van der Waals surface area (Å²) >= 11 is 0. The fraction of sp³-hybridized carbons (Fsp3) is 0.953. The molecule has 0 aromatic heterocycles. The second-order valence-corrected chi connectivity index (χ2v) is 35.3. The summed E-state index contributed by atoms with van der Waals surface area (Å²) in [6, 6.07) is 0. The Balaban J connectivity index is 5.23. The SMILES string of the molecule is CCCCCCCCCCCCCCCCCCCCC(=O)OC[C@H](COP(=O)(O)OC[C@@H](O)COP(=O)(O)OC[C@@H](COC(=O)CCCCCCCCCC(C)C)OC(=O)CCCCCCCCCCCCCCCC(C)C)OC(=O)CCCCCCCCCCCCCCCCCCCCC(C)C. The Kier molecular flexibility index (Phi) is 74.7. The average molecular weight is 1540 g/mol. The van der Waals surface area contributed by atoms with Gasteiger partial charge in [-0.1, -0.05) is 402 Å². The topological polar surface area (TPSA) is 237 Å². The van der Waals surface area contributed by atoms with Crippen LogP contribution in [-0.4, -0.2) is 96.7 Å². The minimum Gasteiger partial charge on any atom is -0.462 e. The predicted octanol–water partition coefficient (Wildman–Crippen LogP) is 26.1. The van der Waals surface area contributed by atoms with Gasteiger partial charge in [0.15, 0.2) is 12.2 Å². The molecule has 0 fully saturated rings. The maximum atomic E-state index is 13.1. The van der Waals surface area contributed by atoms with Crippen molar-refractivity contribution in [2.75, 3.05) is 39.6 Å². The molecule has 624 valence electrons. The molecule has 0 heterocycles. The zero-order valence-electron chi connectivity index (χ0n) is 69.2. The van der Waals surface area contributed by atoms with Gasteiger partial charge in [0, 0.05) is 25.7 Å². The van der Waals surface area contributed by atoms with Crippen molar-refractivity contribution in [1.82, 2.24) is 0 Å². The number of esters is 4. The van der Waals surface area contributed by atoms with Crippen molar-refractivity contribution in [2.45, 2.75) is 471 Å². The smallest absolute Gasteiger partial charge is 0.462 e. The number of carbonyl (C=O) groups excluding carboxylic acids is 4. The summed E-state index contributed by atoms with van der Waals surface area (Å²) in [5, 5.41) is 10.7. The fourth-order valence-electron chi connectivity index (χ4n) is 13.4. The Morgan fingerprint density at radius 2 is 0.438 bits per heavy atom. The summed E-state index contributed by atoms with van der Waals surface area (Å²) < 4.78 is 68.9. The lowest BCUT2D eigenvalue weighted by atomic mass is 10.0. The molecule has 0 bridgehead atoms. The molecule has 3 N–H and O–H groups in total. The first-order valence-corrected chi connectivity index (χ1v) is 47.3. The van der Waals surface area contributed by atoms with Gasteiger partial charge in [-0.2, -0.15) is 0 Å². The third-order valence-electron chi connectivity index (χ3n) is 20.1. The molecule has 0 spiro atoms. The Hall–Kier alpha value is -1.94. The van der Waals surface area contributed by atoms with E-state index >= 15 is 0 Å². The van der Waals surface area contributed by atoms with Crippen molar-refractivity contribution in [3.05, 3.63) is 0 Å². The first-order valence-electron chi connectivity index (χ1n) is 44.3. The Morgan fingerprint density at radius 3 is 0.648 bits per heavy atom. The molecule has 0 aliphatic carbocycles. The van der Waals surface area contributed by atoms with Crippen LogP contribution >= 0.6 is 15.6 Å². The van der Waals surface area contributed by atoms with Gasteiger partial charge in [-0.15, -0.1) is 0 Å². The molecule has 0 aliphatic heterocycles. The van der Waals surface area contributed by atoms with Crippen molar-refractivity contribution in [3.8, 4) is 0 Å². The third-order valence-corrected chi connectivity index (χ3v) is 22.0. The van der Waals surface area contributed by atoms with Crippen LogP contribution in [0.5, 0.6) is 0 Å². The summed E-state index contributed by atoms with van der Waals surface area (Å²) in [5.74, 6) is 0.206. The van der Waals surface area contributed by atoms with Crippen LogP contribution in [0.1, 0.15) is 453 Å². The number of rotatable bonds is 84. The molecule has 0 amide bonds. The van der Waals surface area contributed by atoms with Gasteiger partial charge in [-0.3, -0.25) is 37.3 Å². The highest BCUT2D eigenvalue weighted by Crippen LogP contribution is 2.45. The van der Waals surface area contributed by atoms with E-state index in [4.69, 9.17) is 37.0 Å². The van der Waals surface area contributed by atoms with Gasteiger partial charge >= 0.3 is 39.5 Å². The van der Waals surface area contributed by atoms with Crippen molar-refractivity contribution in [1.29, 1.82) is 0 Å². The third kappa shape index (κ3) is 79.9. The Morgan fingerprint density at radius 1 is 0.257 bits per heavy atom. The quantitative estimate of drug-likeness (QED) is 0.0222. The van der Waals surface area contributed by atoms with Crippen LogP contribution in [0.2, 0.25) is 0 Å². The maximum absolute atomic E-state index is 13.1. The fourth-order valence-corrected chi connectivity index (χ4v) is 14.9. The molecule has 105 heavy (non-hydrogen) atoms. The summed E-state index contributed by atoms with van der Waals surface area (Å²) in [6.45, 7) is 12.0. The first-order chi connectivity index (χ1) is 50.7. The second-order valence-electron chi connectivity index (χ2n) is 32.4. The lowest BCUT2D eigenvalue weighted by molar-refractivity contribution is -0.161. The van der Waals surface area contributed by atoms with E-state index in [1.165, 1.54) is 257 Å². The van der Waals surface area contributed by atoms with Gasteiger partial charge in [0.2, 0.25) is 0 Å². The largest absolute Gasteiger partial charge is 0.472 e. The number of hydrogen-bond donors (Lipinski definition) is 3. The van der Waals surface area contributed by atoms with E-state index in [1.54, 1.807) is 0 Å². The summed E-state index contributed by atoms with van der Waals surface area (Å²) in [4.78, 5) is 73.2. The maximum Gasteiger partial charge on any atom is 0.472 e. The summed E-state index contributed by atoms with van der Waals surface area (Å²) in [7, 11) is -9.93. The van der Waals surface area contributed by atoms with Gasteiger partial charge in [0.05, 0.1) is 26.4 Å². The predicted molar refractivity (Wildman–Crippen MR) is 432 cm³/mol. The molecular formula is C86H168O17P2. The molecule has 2 unspecified atom stereocenters. The van der Waals surface area contributed by atoms with Crippen LogP contribution in [0.25, 0.3) is 0 Å². The number of ether oxygens (including phenoxy) is 4. The van der Waals surface area contributed by atoms with Gasteiger partial charge in [-0.25, -0.2) is 9.13 Å². The molecule has 19 heteroatoms. The highest BCUT2D eigenvalue weighted by molar-refractivity contribution is 7.47. The zero-order chi connectivity index (χ0) is 77.2. The number of unbranched alkanes of at least 4 members (excludes halogenated alkanes) is 52.